The zero-order valence-electron chi connectivity index (χ0n) is 16.2. The van der Waals surface area contributed by atoms with Crippen molar-refractivity contribution < 1.29 is 9.90 Å². The minimum absolute atomic E-state index is 0.0205. The molecule has 4 rings (SSSR count). The van der Waals surface area contributed by atoms with E-state index >= 15 is 0 Å². The summed E-state index contributed by atoms with van der Waals surface area (Å²) in [6.07, 6.45) is 4.98. The molecular weight excluding hydrogens is 390 g/mol. The van der Waals surface area contributed by atoms with Gasteiger partial charge < -0.3 is 5.11 Å². The fourth-order valence-corrected chi connectivity index (χ4v) is 5.66. The highest BCUT2D eigenvalue weighted by molar-refractivity contribution is 7.99. The Labute approximate surface area is 172 Å². The van der Waals surface area contributed by atoms with Gasteiger partial charge in [0.05, 0.1) is 5.75 Å². The van der Waals surface area contributed by atoms with Crippen molar-refractivity contribution in [3.8, 4) is 15.4 Å². The molecule has 1 aromatic carbocycles. The lowest BCUT2D eigenvalue weighted by atomic mass is 9.86. The van der Waals surface area contributed by atoms with Gasteiger partial charge in [-0.25, -0.2) is 0 Å². The molecule has 0 unspecified atom stereocenters. The smallest absolute Gasteiger partial charge is 0.313 e. The summed E-state index contributed by atoms with van der Waals surface area (Å²) in [5, 5.41) is 18.9. The van der Waals surface area contributed by atoms with Crippen LogP contribution in [0.2, 0.25) is 0 Å². The summed E-state index contributed by atoms with van der Waals surface area (Å²) in [5.74, 6) is -0.872. The molecular formula is C21H23N3O2S2. The van der Waals surface area contributed by atoms with Crippen LogP contribution in [0.4, 0.5) is 0 Å². The first-order chi connectivity index (χ1) is 13.3. The summed E-state index contributed by atoms with van der Waals surface area (Å²) in [6.45, 7) is 6.68. The second-order valence-corrected chi connectivity index (χ2v) is 9.98. The van der Waals surface area contributed by atoms with Gasteiger partial charge in [0.2, 0.25) is 0 Å². The molecule has 1 N–H and O–H groups in total. The summed E-state index contributed by atoms with van der Waals surface area (Å²) >= 11 is 2.97. The molecule has 28 heavy (non-hydrogen) atoms. The Hall–Kier alpha value is -2.12. The quantitative estimate of drug-likeness (QED) is 0.599. The van der Waals surface area contributed by atoms with E-state index in [0.29, 0.717) is 5.16 Å². The van der Waals surface area contributed by atoms with Crippen LogP contribution in [-0.2, 0) is 23.1 Å². The van der Waals surface area contributed by atoms with Crippen LogP contribution < -0.4 is 0 Å². The van der Waals surface area contributed by atoms with Crippen LogP contribution in [-0.4, -0.2) is 31.6 Å². The number of rotatable bonds is 5. The zero-order chi connectivity index (χ0) is 19.9. The lowest BCUT2D eigenvalue weighted by Gasteiger charge is -2.19. The maximum Gasteiger partial charge on any atom is 0.313 e. The summed E-state index contributed by atoms with van der Waals surface area (Å²) in [5.41, 5.74) is 5.49. The zero-order valence-corrected chi connectivity index (χ0v) is 17.9. The second kappa shape index (κ2) is 7.37. The molecule has 0 aliphatic heterocycles. The molecule has 5 nitrogen and oxygen atoms in total. The van der Waals surface area contributed by atoms with Gasteiger partial charge in [0.15, 0.2) is 5.16 Å². The SMILES string of the molecule is CC(C)(C)c1ccc(-c2sc(-n3cnnc3SCC(=O)O)c3c2CCC3)cc1. The maximum absolute atomic E-state index is 10.9. The van der Waals surface area contributed by atoms with E-state index in [-0.39, 0.29) is 11.2 Å². The van der Waals surface area contributed by atoms with E-state index in [2.05, 4.69) is 55.2 Å². The Kier molecular flexibility index (Phi) is 5.05. The molecule has 0 saturated heterocycles. The van der Waals surface area contributed by atoms with Gasteiger partial charge in [0.1, 0.15) is 11.3 Å². The van der Waals surface area contributed by atoms with E-state index in [1.54, 1.807) is 17.7 Å². The Balaban J connectivity index is 1.73. The third kappa shape index (κ3) is 3.61. The summed E-state index contributed by atoms with van der Waals surface area (Å²) in [4.78, 5) is 12.3. The van der Waals surface area contributed by atoms with Crippen molar-refractivity contribution in [2.45, 2.75) is 50.6 Å². The van der Waals surface area contributed by atoms with Gasteiger partial charge in [-0.1, -0.05) is 56.8 Å². The van der Waals surface area contributed by atoms with Crippen molar-refractivity contribution in [1.29, 1.82) is 0 Å². The van der Waals surface area contributed by atoms with E-state index in [1.807, 2.05) is 4.57 Å². The number of hydrogen-bond acceptors (Lipinski definition) is 5. The van der Waals surface area contributed by atoms with E-state index in [1.165, 1.54) is 38.9 Å². The van der Waals surface area contributed by atoms with Crippen LogP contribution in [0, 0.1) is 0 Å². The van der Waals surface area contributed by atoms with E-state index < -0.39 is 5.97 Å². The number of benzene rings is 1. The molecule has 0 atom stereocenters. The predicted octanol–water partition coefficient (Wildman–Crippen LogP) is 4.96. The van der Waals surface area contributed by atoms with Crippen LogP contribution in [0.3, 0.4) is 0 Å². The maximum atomic E-state index is 10.9. The fraction of sp³-hybridized carbons (Fsp3) is 0.381. The third-order valence-electron chi connectivity index (χ3n) is 5.02. The first kappa shape index (κ1) is 19.2. The normalized spacial score (nSPS) is 13.7. The average molecular weight is 414 g/mol. The molecule has 3 aromatic rings. The molecule has 7 heteroatoms. The first-order valence-electron chi connectivity index (χ1n) is 9.35. The van der Waals surface area contributed by atoms with Gasteiger partial charge in [0.25, 0.3) is 0 Å². The Morgan fingerprint density at radius 2 is 1.93 bits per heavy atom. The van der Waals surface area contributed by atoms with Gasteiger partial charge in [0, 0.05) is 4.88 Å². The van der Waals surface area contributed by atoms with Crippen LogP contribution in [0.1, 0.15) is 43.9 Å². The summed E-state index contributed by atoms with van der Waals surface area (Å²) in [6, 6.07) is 8.90. The molecule has 0 saturated carbocycles. The van der Waals surface area contributed by atoms with Gasteiger partial charge in [-0.3, -0.25) is 9.36 Å². The third-order valence-corrected chi connectivity index (χ3v) is 7.27. The second-order valence-electron chi connectivity index (χ2n) is 8.04. The Bertz CT molecular complexity index is 1010. The number of carboxylic acids is 1. The van der Waals surface area contributed by atoms with Crippen molar-refractivity contribution in [1.82, 2.24) is 14.8 Å². The summed E-state index contributed by atoms with van der Waals surface area (Å²) < 4.78 is 1.95. The lowest BCUT2D eigenvalue weighted by Crippen LogP contribution is -2.10. The number of thiophene rings is 1. The number of thioether (sulfide) groups is 1. The van der Waals surface area contributed by atoms with Gasteiger partial charge in [-0.2, -0.15) is 0 Å². The van der Waals surface area contributed by atoms with Crippen molar-refractivity contribution in [2.75, 3.05) is 5.75 Å². The van der Waals surface area contributed by atoms with E-state index in [9.17, 15) is 4.79 Å². The highest BCUT2D eigenvalue weighted by Crippen LogP contribution is 2.44. The highest BCUT2D eigenvalue weighted by atomic mass is 32.2. The number of fused-ring (bicyclic) bond motifs is 1. The molecule has 2 heterocycles. The number of aliphatic carboxylic acids is 1. The summed E-state index contributed by atoms with van der Waals surface area (Å²) in [7, 11) is 0. The predicted molar refractivity (Wildman–Crippen MR) is 114 cm³/mol. The monoisotopic (exact) mass is 413 g/mol. The number of aromatic nitrogens is 3. The molecule has 146 valence electrons. The molecule has 1 aliphatic rings. The topological polar surface area (TPSA) is 68.0 Å². The van der Waals surface area contributed by atoms with Gasteiger partial charge in [-0.05, 0) is 46.9 Å². The molecule has 2 aromatic heterocycles. The number of hydrogen-bond donors (Lipinski definition) is 1. The van der Waals surface area contributed by atoms with Crippen molar-refractivity contribution >= 4 is 29.1 Å². The molecule has 0 spiro atoms. The first-order valence-corrected chi connectivity index (χ1v) is 11.2. The van der Waals surface area contributed by atoms with Crippen molar-refractivity contribution in [2.24, 2.45) is 0 Å². The van der Waals surface area contributed by atoms with Crippen LogP contribution in [0.5, 0.6) is 0 Å². The largest absolute Gasteiger partial charge is 0.481 e. The number of carboxylic acid groups (broad SMARTS) is 1. The molecule has 0 bridgehead atoms. The van der Waals surface area contributed by atoms with E-state index in [0.717, 1.165) is 24.3 Å². The minimum Gasteiger partial charge on any atom is -0.481 e. The fourth-order valence-electron chi connectivity index (χ4n) is 3.59. The molecule has 0 radical (unpaired) electrons. The number of nitrogens with zero attached hydrogens (tertiary/aromatic N) is 3. The van der Waals surface area contributed by atoms with Gasteiger partial charge in [-0.15, -0.1) is 21.5 Å². The Morgan fingerprint density at radius 3 is 2.61 bits per heavy atom. The Morgan fingerprint density at radius 1 is 1.21 bits per heavy atom. The van der Waals surface area contributed by atoms with Crippen molar-refractivity contribution in [3.63, 3.8) is 0 Å². The molecule has 0 amide bonds. The van der Waals surface area contributed by atoms with Gasteiger partial charge >= 0.3 is 5.97 Å². The average Bonchev–Trinajstić information content (AvgIpc) is 3.35. The lowest BCUT2D eigenvalue weighted by molar-refractivity contribution is -0.133. The van der Waals surface area contributed by atoms with Crippen LogP contribution in [0.15, 0.2) is 35.7 Å². The minimum atomic E-state index is -0.851. The van der Waals surface area contributed by atoms with Crippen LogP contribution >= 0.6 is 23.1 Å². The number of carbonyl (C=O) groups is 1. The highest BCUT2D eigenvalue weighted by Gasteiger charge is 2.26. The molecule has 1 aliphatic carbocycles. The standard InChI is InChI=1S/C21H23N3O2S2/c1-21(2,3)14-9-7-13(8-10-14)18-15-5-4-6-16(15)19(28-18)24-12-22-23-20(24)27-11-17(25)26/h7-10,12H,4-6,11H2,1-3H3,(H,25,26). The molecule has 0 fully saturated rings. The van der Waals surface area contributed by atoms with Crippen molar-refractivity contribution in [3.05, 3.63) is 47.3 Å². The van der Waals surface area contributed by atoms with Crippen LogP contribution in [0.25, 0.3) is 15.4 Å². The van der Waals surface area contributed by atoms with E-state index in [4.69, 9.17) is 5.11 Å².